The van der Waals surface area contributed by atoms with Gasteiger partial charge in [-0.3, -0.25) is 9.36 Å². The van der Waals surface area contributed by atoms with Gasteiger partial charge in [0, 0.05) is 11.4 Å². The number of thiophene rings is 1. The van der Waals surface area contributed by atoms with Crippen LogP contribution in [0.3, 0.4) is 0 Å². The summed E-state index contributed by atoms with van der Waals surface area (Å²) in [6.07, 6.45) is 4.66. The largest absolute Gasteiger partial charge is 0.462 e. The van der Waals surface area contributed by atoms with E-state index in [0.717, 1.165) is 42.5 Å². The van der Waals surface area contributed by atoms with Gasteiger partial charge >= 0.3 is 11.7 Å². The van der Waals surface area contributed by atoms with E-state index in [1.54, 1.807) is 13.8 Å². The molecule has 2 N–H and O–H groups in total. The van der Waals surface area contributed by atoms with Crippen molar-refractivity contribution in [1.82, 2.24) is 14.8 Å². The number of aromatic amines is 1. The molecule has 1 amide bonds. The first-order valence-corrected chi connectivity index (χ1v) is 11.6. The average Bonchev–Trinajstić information content (AvgIpc) is 3.23. The molecule has 158 valence electrons. The minimum atomic E-state index is -0.491. The normalized spacial score (nSPS) is 14.3. The Morgan fingerprint density at radius 1 is 1.34 bits per heavy atom. The molecule has 1 aliphatic rings. The average molecular weight is 439 g/mol. The zero-order valence-electron chi connectivity index (χ0n) is 16.9. The molecule has 0 spiro atoms. The zero-order valence-corrected chi connectivity index (χ0v) is 18.5. The van der Waals surface area contributed by atoms with E-state index in [-0.39, 0.29) is 24.2 Å². The Kier molecular flexibility index (Phi) is 7.18. The van der Waals surface area contributed by atoms with Gasteiger partial charge in [-0.1, -0.05) is 18.7 Å². The monoisotopic (exact) mass is 438 g/mol. The first-order chi connectivity index (χ1) is 14.0. The van der Waals surface area contributed by atoms with E-state index in [9.17, 15) is 14.4 Å². The SMILES string of the molecule is CCCn1c(S[C@H](C)C(=O)Nc2sc3c(c2C(=O)OCC)CCCC3)n[nH]c1=O. The van der Waals surface area contributed by atoms with Crippen LogP contribution in [0.25, 0.3) is 0 Å². The molecule has 10 heteroatoms. The number of aryl methyl sites for hydroxylation is 1. The Balaban J connectivity index is 1.79. The third-order valence-corrected chi connectivity index (χ3v) is 7.01. The number of rotatable bonds is 8. The van der Waals surface area contributed by atoms with Gasteiger partial charge < -0.3 is 10.1 Å². The van der Waals surface area contributed by atoms with Gasteiger partial charge in [-0.2, -0.15) is 0 Å². The van der Waals surface area contributed by atoms with E-state index in [1.807, 2.05) is 6.92 Å². The summed E-state index contributed by atoms with van der Waals surface area (Å²) in [5.74, 6) is -0.621. The van der Waals surface area contributed by atoms with E-state index in [2.05, 4.69) is 15.5 Å². The Hall–Kier alpha value is -2.07. The second-order valence-corrected chi connectivity index (χ2v) is 9.26. The summed E-state index contributed by atoms with van der Waals surface area (Å²) in [6, 6.07) is 0. The van der Waals surface area contributed by atoms with Crippen LogP contribution >= 0.6 is 23.1 Å². The van der Waals surface area contributed by atoms with Crippen molar-refractivity contribution >= 4 is 40.0 Å². The number of H-pyrrole nitrogens is 1. The van der Waals surface area contributed by atoms with E-state index in [1.165, 1.54) is 27.7 Å². The highest BCUT2D eigenvalue weighted by Gasteiger charge is 2.28. The summed E-state index contributed by atoms with van der Waals surface area (Å²) < 4.78 is 6.77. The molecule has 0 aromatic carbocycles. The quantitative estimate of drug-likeness (QED) is 0.484. The molecule has 3 rings (SSSR count). The van der Waals surface area contributed by atoms with Crippen LogP contribution in [0, 0.1) is 0 Å². The topological polar surface area (TPSA) is 106 Å². The molecule has 0 bridgehead atoms. The number of amides is 1. The number of ether oxygens (including phenoxy) is 1. The predicted octanol–water partition coefficient (Wildman–Crippen LogP) is 3.22. The zero-order chi connectivity index (χ0) is 21.0. The number of carbonyl (C=O) groups excluding carboxylic acids is 2. The fraction of sp³-hybridized carbons (Fsp3) is 0.579. The summed E-state index contributed by atoms with van der Waals surface area (Å²) in [5.41, 5.74) is 1.23. The van der Waals surface area contributed by atoms with Gasteiger partial charge in [0.25, 0.3) is 0 Å². The fourth-order valence-corrected chi connectivity index (χ4v) is 5.47. The molecule has 0 fully saturated rings. The van der Waals surface area contributed by atoms with Crippen LogP contribution < -0.4 is 11.0 Å². The second kappa shape index (κ2) is 9.62. The number of thioether (sulfide) groups is 1. The maximum Gasteiger partial charge on any atom is 0.343 e. The van der Waals surface area contributed by atoms with Gasteiger partial charge in [0.2, 0.25) is 5.91 Å². The lowest BCUT2D eigenvalue weighted by molar-refractivity contribution is -0.115. The Morgan fingerprint density at radius 3 is 2.83 bits per heavy atom. The van der Waals surface area contributed by atoms with E-state index in [4.69, 9.17) is 4.74 Å². The van der Waals surface area contributed by atoms with Crippen LogP contribution in [0.1, 0.15) is 60.8 Å². The highest BCUT2D eigenvalue weighted by molar-refractivity contribution is 8.00. The van der Waals surface area contributed by atoms with E-state index >= 15 is 0 Å². The van der Waals surface area contributed by atoms with Crippen molar-refractivity contribution in [2.45, 2.75) is 69.8 Å². The number of anilines is 1. The van der Waals surface area contributed by atoms with Crippen molar-refractivity contribution in [2.24, 2.45) is 0 Å². The summed E-state index contributed by atoms with van der Waals surface area (Å²) in [5, 5.41) is 9.92. The summed E-state index contributed by atoms with van der Waals surface area (Å²) in [4.78, 5) is 38.4. The lowest BCUT2D eigenvalue weighted by Gasteiger charge is -2.13. The Morgan fingerprint density at radius 2 is 2.10 bits per heavy atom. The lowest BCUT2D eigenvalue weighted by Crippen LogP contribution is -2.24. The van der Waals surface area contributed by atoms with Gasteiger partial charge in [0.05, 0.1) is 17.4 Å². The third-order valence-electron chi connectivity index (χ3n) is 4.71. The molecule has 8 nitrogen and oxygen atoms in total. The van der Waals surface area contributed by atoms with Crippen molar-refractivity contribution in [2.75, 3.05) is 11.9 Å². The molecular formula is C19H26N4O4S2. The molecule has 2 aromatic rings. The number of hydrogen-bond acceptors (Lipinski definition) is 7. The minimum Gasteiger partial charge on any atom is -0.462 e. The molecule has 0 unspecified atom stereocenters. The van der Waals surface area contributed by atoms with Crippen molar-refractivity contribution in [1.29, 1.82) is 0 Å². The van der Waals surface area contributed by atoms with Crippen LogP contribution in [0.15, 0.2) is 9.95 Å². The van der Waals surface area contributed by atoms with Crippen LogP contribution in [0.2, 0.25) is 0 Å². The molecule has 2 heterocycles. The maximum atomic E-state index is 12.8. The maximum absolute atomic E-state index is 12.8. The smallest absolute Gasteiger partial charge is 0.343 e. The predicted molar refractivity (Wildman–Crippen MR) is 114 cm³/mol. The number of nitrogens with one attached hydrogen (secondary N) is 2. The van der Waals surface area contributed by atoms with Crippen LogP contribution in [-0.2, 0) is 28.9 Å². The fourth-order valence-electron chi connectivity index (χ4n) is 3.31. The molecular weight excluding hydrogens is 412 g/mol. The van der Waals surface area contributed by atoms with Gasteiger partial charge in [-0.05, 0) is 51.5 Å². The van der Waals surface area contributed by atoms with Crippen molar-refractivity contribution in [3.05, 3.63) is 26.5 Å². The third kappa shape index (κ3) is 4.75. The molecule has 0 radical (unpaired) electrons. The highest BCUT2D eigenvalue weighted by atomic mass is 32.2. The lowest BCUT2D eigenvalue weighted by atomic mass is 9.95. The number of hydrogen-bond donors (Lipinski definition) is 2. The van der Waals surface area contributed by atoms with Gasteiger partial charge in [0.1, 0.15) is 5.00 Å². The molecule has 1 aliphatic carbocycles. The Bertz CT molecular complexity index is 947. The van der Waals surface area contributed by atoms with Gasteiger partial charge in [0.15, 0.2) is 5.16 Å². The van der Waals surface area contributed by atoms with Crippen LogP contribution in [0.4, 0.5) is 5.00 Å². The summed E-state index contributed by atoms with van der Waals surface area (Å²) in [7, 11) is 0. The first kappa shape index (κ1) is 21.6. The molecule has 29 heavy (non-hydrogen) atoms. The first-order valence-electron chi connectivity index (χ1n) is 9.90. The molecule has 0 saturated carbocycles. The van der Waals surface area contributed by atoms with Crippen LogP contribution in [-0.4, -0.2) is 38.5 Å². The van der Waals surface area contributed by atoms with Crippen molar-refractivity contribution in [3.8, 4) is 0 Å². The number of carbonyl (C=O) groups is 2. The van der Waals surface area contributed by atoms with Crippen molar-refractivity contribution in [3.63, 3.8) is 0 Å². The number of esters is 1. The summed E-state index contributed by atoms with van der Waals surface area (Å²) >= 11 is 2.68. The number of fused-ring (bicyclic) bond motifs is 1. The van der Waals surface area contributed by atoms with Gasteiger partial charge in [-0.15, -0.1) is 16.4 Å². The van der Waals surface area contributed by atoms with E-state index < -0.39 is 5.25 Å². The molecule has 0 aliphatic heterocycles. The second-order valence-electron chi connectivity index (χ2n) is 6.85. The number of nitrogens with zero attached hydrogens (tertiary/aromatic N) is 2. The van der Waals surface area contributed by atoms with Crippen LogP contribution in [0.5, 0.6) is 0 Å². The van der Waals surface area contributed by atoms with Crippen molar-refractivity contribution < 1.29 is 14.3 Å². The van der Waals surface area contributed by atoms with Gasteiger partial charge in [-0.25, -0.2) is 14.7 Å². The molecule has 2 aromatic heterocycles. The standard InChI is InChI=1S/C19H26N4O4S2/c1-4-10-23-18(26)21-22-19(23)28-11(3)15(24)20-16-14(17(25)27-5-2)12-8-6-7-9-13(12)29-16/h11H,4-10H2,1-3H3,(H,20,24)(H,21,26)/t11-/m1/s1. The summed E-state index contributed by atoms with van der Waals surface area (Å²) in [6.45, 7) is 6.33. The highest BCUT2D eigenvalue weighted by Crippen LogP contribution is 2.39. The molecule has 1 atom stereocenters. The van der Waals surface area contributed by atoms with E-state index in [0.29, 0.717) is 22.3 Å². The number of aromatic nitrogens is 3. The minimum absolute atomic E-state index is 0.238. The molecule has 0 saturated heterocycles. The Labute approximate surface area is 177 Å².